The van der Waals surface area contributed by atoms with Crippen molar-refractivity contribution in [1.29, 1.82) is 0 Å². The zero-order valence-corrected chi connectivity index (χ0v) is 15.8. The van der Waals surface area contributed by atoms with E-state index in [2.05, 4.69) is 40.1 Å². The summed E-state index contributed by atoms with van der Waals surface area (Å²) in [6, 6.07) is 14.3. The van der Waals surface area contributed by atoms with E-state index >= 15 is 0 Å². The molecule has 0 atom stereocenters. The SMILES string of the molecule is Cc1cc(-c2ccccc2)nc(SCc2cn3c(C)cc(C)nc3n2)n1. The van der Waals surface area contributed by atoms with Gasteiger partial charge >= 0.3 is 0 Å². The van der Waals surface area contributed by atoms with Gasteiger partial charge in [0.15, 0.2) is 5.16 Å². The second-order valence-electron chi connectivity index (χ2n) is 6.27. The van der Waals surface area contributed by atoms with Gasteiger partial charge in [0.05, 0.1) is 11.4 Å². The second kappa shape index (κ2) is 6.88. The third-order valence-electron chi connectivity index (χ3n) is 4.06. The van der Waals surface area contributed by atoms with Crippen molar-refractivity contribution in [2.45, 2.75) is 31.7 Å². The summed E-state index contributed by atoms with van der Waals surface area (Å²) < 4.78 is 2.02. The number of aryl methyl sites for hydroxylation is 3. The van der Waals surface area contributed by atoms with Gasteiger partial charge in [-0.2, -0.15) is 0 Å². The van der Waals surface area contributed by atoms with Crippen LogP contribution in [0.15, 0.2) is 53.8 Å². The predicted octanol–water partition coefficient (Wildman–Crippen LogP) is 4.40. The third kappa shape index (κ3) is 3.46. The van der Waals surface area contributed by atoms with Gasteiger partial charge in [0.25, 0.3) is 0 Å². The lowest BCUT2D eigenvalue weighted by Gasteiger charge is -2.05. The molecule has 3 aromatic heterocycles. The van der Waals surface area contributed by atoms with Crippen LogP contribution in [-0.2, 0) is 5.75 Å². The van der Waals surface area contributed by atoms with Crippen molar-refractivity contribution in [1.82, 2.24) is 24.3 Å². The van der Waals surface area contributed by atoms with Gasteiger partial charge < -0.3 is 0 Å². The molecular weight excluding hydrogens is 342 g/mol. The Hall–Kier alpha value is -2.73. The summed E-state index contributed by atoms with van der Waals surface area (Å²) in [5.74, 6) is 1.45. The van der Waals surface area contributed by atoms with Crippen molar-refractivity contribution >= 4 is 17.5 Å². The average molecular weight is 361 g/mol. The average Bonchev–Trinajstić information content (AvgIpc) is 3.03. The molecule has 0 spiro atoms. The number of benzene rings is 1. The fourth-order valence-electron chi connectivity index (χ4n) is 2.89. The molecule has 4 aromatic rings. The summed E-state index contributed by atoms with van der Waals surface area (Å²) >= 11 is 1.60. The first-order chi connectivity index (χ1) is 12.6. The Bertz CT molecular complexity index is 1070. The van der Waals surface area contributed by atoms with Crippen molar-refractivity contribution in [3.8, 4) is 11.3 Å². The molecule has 5 nitrogen and oxygen atoms in total. The van der Waals surface area contributed by atoms with E-state index in [-0.39, 0.29) is 0 Å². The first-order valence-corrected chi connectivity index (χ1v) is 9.43. The first-order valence-electron chi connectivity index (χ1n) is 8.44. The van der Waals surface area contributed by atoms with Crippen LogP contribution in [0.2, 0.25) is 0 Å². The number of rotatable bonds is 4. The molecule has 130 valence electrons. The minimum atomic E-state index is 0.708. The zero-order chi connectivity index (χ0) is 18.1. The van der Waals surface area contributed by atoms with E-state index in [1.807, 2.05) is 48.7 Å². The number of hydrogen-bond acceptors (Lipinski definition) is 5. The molecule has 1 aromatic carbocycles. The standard InChI is InChI=1S/C20H19N5S/c1-13-9-15(3)25-11-17(23-19(25)21-13)12-26-20-22-14(2)10-18(24-20)16-7-5-4-6-8-16/h4-11H,12H2,1-3H3. The van der Waals surface area contributed by atoms with E-state index in [1.165, 1.54) is 0 Å². The number of hydrogen-bond donors (Lipinski definition) is 0. The van der Waals surface area contributed by atoms with Gasteiger partial charge in [0.2, 0.25) is 5.78 Å². The smallest absolute Gasteiger partial charge is 0.234 e. The largest absolute Gasteiger partial charge is 0.288 e. The summed E-state index contributed by atoms with van der Waals surface area (Å²) in [6.07, 6.45) is 2.04. The molecule has 0 amide bonds. The zero-order valence-electron chi connectivity index (χ0n) is 15.0. The van der Waals surface area contributed by atoms with E-state index in [1.54, 1.807) is 11.8 Å². The molecule has 0 N–H and O–H groups in total. The van der Waals surface area contributed by atoms with Crippen LogP contribution in [0, 0.1) is 20.8 Å². The molecular formula is C20H19N5S. The number of nitrogens with zero attached hydrogens (tertiary/aromatic N) is 5. The van der Waals surface area contributed by atoms with Crippen LogP contribution in [-0.4, -0.2) is 24.3 Å². The van der Waals surface area contributed by atoms with Crippen molar-refractivity contribution < 1.29 is 0 Å². The van der Waals surface area contributed by atoms with Crippen LogP contribution in [0.3, 0.4) is 0 Å². The minimum Gasteiger partial charge on any atom is -0.288 e. The van der Waals surface area contributed by atoms with Gasteiger partial charge in [-0.15, -0.1) is 0 Å². The van der Waals surface area contributed by atoms with E-state index < -0.39 is 0 Å². The molecule has 4 rings (SSSR count). The van der Waals surface area contributed by atoms with E-state index in [0.29, 0.717) is 5.75 Å². The number of aromatic nitrogens is 5. The van der Waals surface area contributed by atoms with Gasteiger partial charge in [0, 0.05) is 34.6 Å². The number of fused-ring (bicyclic) bond motifs is 1. The maximum absolute atomic E-state index is 4.71. The monoisotopic (exact) mass is 361 g/mol. The van der Waals surface area contributed by atoms with E-state index in [0.717, 1.165) is 45.0 Å². The van der Waals surface area contributed by atoms with Gasteiger partial charge in [-0.05, 0) is 32.9 Å². The van der Waals surface area contributed by atoms with Crippen molar-refractivity contribution in [3.63, 3.8) is 0 Å². The highest BCUT2D eigenvalue weighted by Gasteiger charge is 2.09. The molecule has 0 aliphatic heterocycles. The predicted molar refractivity (Wildman–Crippen MR) is 104 cm³/mol. The first kappa shape index (κ1) is 16.7. The molecule has 0 radical (unpaired) electrons. The molecule has 3 heterocycles. The van der Waals surface area contributed by atoms with Crippen LogP contribution >= 0.6 is 11.8 Å². The molecule has 0 saturated carbocycles. The molecule has 0 saturated heterocycles. The lowest BCUT2D eigenvalue weighted by Crippen LogP contribution is -1.94. The van der Waals surface area contributed by atoms with Gasteiger partial charge in [0.1, 0.15) is 0 Å². The molecule has 0 bridgehead atoms. The lowest BCUT2D eigenvalue weighted by atomic mass is 10.1. The van der Waals surface area contributed by atoms with Crippen LogP contribution in [0.5, 0.6) is 0 Å². The molecule has 0 aliphatic carbocycles. The Morgan fingerprint density at radius 2 is 1.65 bits per heavy atom. The molecule has 26 heavy (non-hydrogen) atoms. The van der Waals surface area contributed by atoms with E-state index in [4.69, 9.17) is 4.98 Å². The highest BCUT2D eigenvalue weighted by Crippen LogP contribution is 2.24. The Morgan fingerprint density at radius 1 is 0.885 bits per heavy atom. The molecule has 0 unspecified atom stereocenters. The van der Waals surface area contributed by atoms with Crippen LogP contribution in [0.1, 0.15) is 22.8 Å². The Kier molecular flexibility index (Phi) is 4.42. The van der Waals surface area contributed by atoms with Crippen LogP contribution in [0.4, 0.5) is 0 Å². The Balaban J connectivity index is 1.58. The molecule has 0 aliphatic rings. The van der Waals surface area contributed by atoms with Crippen molar-refractivity contribution in [2.75, 3.05) is 0 Å². The van der Waals surface area contributed by atoms with Gasteiger partial charge in [-0.25, -0.2) is 19.9 Å². The normalized spacial score (nSPS) is 11.2. The minimum absolute atomic E-state index is 0.708. The highest BCUT2D eigenvalue weighted by molar-refractivity contribution is 7.98. The topological polar surface area (TPSA) is 56.0 Å². The highest BCUT2D eigenvalue weighted by atomic mass is 32.2. The Morgan fingerprint density at radius 3 is 2.46 bits per heavy atom. The fourth-order valence-corrected chi connectivity index (χ4v) is 3.68. The van der Waals surface area contributed by atoms with Gasteiger partial charge in [-0.1, -0.05) is 42.1 Å². The second-order valence-corrected chi connectivity index (χ2v) is 7.22. The summed E-state index contributed by atoms with van der Waals surface area (Å²) in [6.45, 7) is 6.05. The number of thioether (sulfide) groups is 1. The summed E-state index contributed by atoms with van der Waals surface area (Å²) in [5.41, 5.74) is 6.10. The molecule has 0 fully saturated rings. The maximum atomic E-state index is 4.71. The fraction of sp³-hybridized carbons (Fsp3) is 0.200. The quantitative estimate of drug-likeness (QED) is 0.398. The lowest BCUT2D eigenvalue weighted by molar-refractivity contribution is 0.936. The maximum Gasteiger partial charge on any atom is 0.234 e. The van der Waals surface area contributed by atoms with Gasteiger partial charge in [-0.3, -0.25) is 4.40 Å². The van der Waals surface area contributed by atoms with Crippen molar-refractivity contribution in [2.24, 2.45) is 0 Å². The summed E-state index contributed by atoms with van der Waals surface area (Å²) in [5, 5.41) is 0.766. The van der Waals surface area contributed by atoms with Crippen molar-refractivity contribution in [3.05, 3.63) is 71.4 Å². The third-order valence-corrected chi connectivity index (χ3v) is 4.94. The van der Waals surface area contributed by atoms with Crippen LogP contribution < -0.4 is 0 Å². The Labute approximate surface area is 156 Å². The van der Waals surface area contributed by atoms with E-state index in [9.17, 15) is 0 Å². The number of imidazole rings is 1. The molecule has 6 heteroatoms. The summed E-state index contributed by atoms with van der Waals surface area (Å²) in [4.78, 5) is 18.4. The van der Waals surface area contributed by atoms with Crippen LogP contribution in [0.25, 0.3) is 17.0 Å². The summed E-state index contributed by atoms with van der Waals surface area (Å²) in [7, 11) is 0.